The maximum atomic E-state index is 6.27. The first-order valence-corrected chi connectivity index (χ1v) is 35.2. The lowest BCUT2D eigenvalue weighted by Gasteiger charge is -2.23. The van der Waals surface area contributed by atoms with E-state index in [4.69, 9.17) is 28.9 Å². The number of para-hydroxylation sites is 1. The van der Waals surface area contributed by atoms with Gasteiger partial charge in [-0.25, -0.2) is 0 Å². The smallest absolute Gasteiger partial charge is 0.119 e. The molecule has 0 amide bonds. The molecule has 6 heteroatoms. The third kappa shape index (κ3) is 21.8. The Labute approximate surface area is 575 Å². The van der Waals surface area contributed by atoms with Gasteiger partial charge in [-0.1, -0.05) is 249 Å². The second-order valence-corrected chi connectivity index (χ2v) is 26.0. The zero-order valence-electron chi connectivity index (χ0n) is 57.4. The van der Waals surface area contributed by atoms with Gasteiger partial charge in [0.25, 0.3) is 0 Å². The van der Waals surface area contributed by atoms with E-state index < -0.39 is 0 Å². The van der Waals surface area contributed by atoms with Gasteiger partial charge in [-0.05, 0) is 179 Å². The fourth-order valence-corrected chi connectivity index (χ4v) is 11.8. The molecule has 0 unspecified atom stereocenters. The summed E-state index contributed by atoms with van der Waals surface area (Å²) in [5, 5.41) is 0. The van der Waals surface area contributed by atoms with E-state index in [-0.39, 0.29) is 5.41 Å². The van der Waals surface area contributed by atoms with E-state index in [0.29, 0.717) is 26.4 Å². The summed E-state index contributed by atoms with van der Waals surface area (Å²) in [6.45, 7) is 24.8. The Kier molecular flexibility index (Phi) is 28.1. The first-order valence-electron chi connectivity index (χ1n) is 35.2. The predicted octanol–water partition coefficient (Wildman–Crippen LogP) is 25.8. The van der Waals surface area contributed by atoms with Gasteiger partial charge >= 0.3 is 0 Å². The maximum Gasteiger partial charge on any atom is 0.119 e. The van der Waals surface area contributed by atoms with Crippen molar-refractivity contribution in [1.82, 2.24) is 0 Å². The van der Waals surface area contributed by atoms with Crippen molar-refractivity contribution in [2.24, 2.45) is 9.98 Å². The van der Waals surface area contributed by atoms with Crippen molar-refractivity contribution in [2.45, 2.75) is 142 Å². The molecule has 0 fully saturated rings. The van der Waals surface area contributed by atoms with E-state index in [2.05, 4.69) is 223 Å². The largest absolute Gasteiger partial charge is 0.494 e. The van der Waals surface area contributed by atoms with Crippen LogP contribution in [0.5, 0.6) is 23.0 Å². The van der Waals surface area contributed by atoms with Crippen molar-refractivity contribution >= 4 is 23.8 Å². The van der Waals surface area contributed by atoms with Gasteiger partial charge in [-0.15, -0.1) is 26.3 Å². The van der Waals surface area contributed by atoms with Crippen molar-refractivity contribution in [2.75, 3.05) is 26.4 Å². The number of ether oxygens (including phenoxy) is 4. The van der Waals surface area contributed by atoms with E-state index >= 15 is 0 Å². The number of nitrogens with zero attached hydrogens (tertiary/aromatic N) is 2. The Morgan fingerprint density at radius 3 is 0.896 bits per heavy atom. The zero-order chi connectivity index (χ0) is 67.0. The molecule has 494 valence electrons. The van der Waals surface area contributed by atoms with Crippen molar-refractivity contribution in [3.63, 3.8) is 0 Å². The molecule has 0 saturated carbocycles. The van der Waals surface area contributed by atoms with E-state index in [1.807, 2.05) is 61.0 Å². The summed E-state index contributed by atoms with van der Waals surface area (Å²) in [7, 11) is 0. The molecule has 0 bridgehead atoms. The fraction of sp³-hybridized carbons (Fsp3) is 0.289. The van der Waals surface area contributed by atoms with E-state index in [9.17, 15) is 0 Å². The molecule has 0 saturated heterocycles. The number of hydrogen-bond donors (Lipinski definition) is 0. The summed E-state index contributed by atoms with van der Waals surface area (Å²) in [6, 6.07) is 71.0. The number of hydrogen-bond acceptors (Lipinski definition) is 6. The minimum absolute atomic E-state index is 0.150. The second kappa shape index (κ2) is 38.1. The summed E-state index contributed by atoms with van der Waals surface area (Å²) in [5.41, 5.74) is 17.8. The van der Waals surface area contributed by atoms with Crippen LogP contribution in [0.3, 0.4) is 0 Å². The molecular formula is C90H100N2O4. The second-order valence-electron chi connectivity index (χ2n) is 26.0. The highest BCUT2D eigenvalue weighted by Gasteiger charge is 2.22. The topological polar surface area (TPSA) is 61.6 Å². The third-order valence-electron chi connectivity index (χ3n) is 17.6. The third-order valence-corrected chi connectivity index (χ3v) is 17.6. The lowest BCUT2D eigenvalue weighted by molar-refractivity contribution is 0.304. The molecule has 0 heterocycles. The Hall–Kier alpha value is -9.52. The molecule has 0 aliphatic heterocycles. The Morgan fingerprint density at radius 1 is 0.292 bits per heavy atom. The lowest BCUT2D eigenvalue weighted by atomic mass is 9.82. The van der Waals surface area contributed by atoms with Crippen molar-refractivity contribution in [1.29, 1.82) is 0 Å². The minimum atomic E-state index is -0.150. The summed E-state index contributed by atoms with van der Waals surface area (Å²) in [4.78, 5) is 10.8. The Bertz CT molecular complexity index is 3680. The average molecular weight is 1270 g/mol. The molecule has 6 nitrogen and oxygen atoms in total. The first-order chi connectivity index (χ1) is 47.1. The van der Waals surface area contributed by atoms with Gasteiger partial charge in [0.1, 0.15) is 23.0 Å². The van der Waals surface area contributed by atoms with Crippen LogP contribution in [0.4, 0.5) is 11.4 Å². The maximum absolute atomic E-state index is 6.27. The average Bonchev–Trinajstić information content (AvgIpc) is 0.788. The number of benzene rings is 9. The molecule has 0 radical (unpaired) electrons. The quantitative estimate of drug-likeness (QED) is 0.0218. The molecule has 9 aromatic rings. The monoisotopic (exact) mass is 1270 g/mol. The van der Waals surface area contributed by atoms with Gasteiger partial charge in [-0.2, -0.15) is 0 Å². The zero-order valence-corrected chi connectivity index (χ0v) is 57.4. The number of unbranched alkanes of at least 4 members (excludes halogenated alkanes) is 14. The molecule has 0 N–H and O–H groups in total. The van der Waals surface area contributed by atoms with Crippen molar-refractivity contribution < 1.29 is 18.9 Å². The van der Waals surface area contributed by atoms with Crippen LogP contribution in [0.2, 0.25) is 0 Å². The summed E-state index contributed by atoms with van der Waals surface area (Å²) >= 11 is 0. The molecule has 9 rings (SSSR count). The summed E-state index contributed by atoms with van der Waals surface area (Å²) in [5.74, 6) is 3.46. The van der Waals surface area contributed by atoms with Crippen LogP contribution in [0.15, 0.2) is 261 Å². The molecule has 0 aliphatic rings. The van der Waals surface area contributed by atoms with E-state index in [1.54, 1.807) is 0 Å². The normalized spacial score (nSPS) is 11.4. The van der Waals surface area contributed by atoms with E-state index in [1.165, 1.54) is 82.6 Å². The molecule has 96 heavy (non-hydrogen) atoms. The molecule has 0 aromatic heterocycles. The Balaban J connectivity index is 0.989. The highest BCUT2D eigenvalue weighted by Crippen LogP contribution is 2.45. The van der Waals surface area contributed by atoms with Crippen LogP contribution >= 0.6 is 0 Å². The van der Waals surface area contributed by atoms with Crippen molar-refractivity contribution in [3.8, 4) is 89.8 Å². The summed E-state index contributed by atoms with van der Waals surface area (Å²) in [6.07, 6.45) is 32.8. The lowest BCUT2D eigenvalue weighted by Crippen LogP contribution is -2.11. The van der Waals surface area contributed by atoms with Gasteiger partial charge in [0.2, 0.25) is 0 Å². The van der Waals surface area contributed by atoms with Gasteiger partial charge in [-0.3, -0.25) is 9.98 Å². The Morgan fingerprint density at radius 2 is 0.562 bits per heavy atom. The van der Waals surface area contributed by atoms with E-state index in [0.717, 1.165) is 151 Å². The number of allylic oxidation sites excluding steroid dienone is 2. The molecule has 0 aliphatic carbocycles. The number of aliphatic imine (C=N–C) groups is 2. The molecular weight excluding hydrogens is 1170 g/mol. The molecule has 0 atom stereocenters. The van der Waals surface area contributed by atoms with Crippen LogP contribution < -0.4 is 18.9 Å². The standard InChI is InChI=1S/C90H100N2O4/c1-8-12-16-18-20-22-24-26-28-63-95-82-57-49-75(50-58-82)84-31-30-32-85(76-51-59-83(60-52-76)96-64-29-27-25-23-21-19-17-13-9-2)88(84)91-67-69-33-35-70(36-34-69)68-92-89-86(77-41-37-71(38-42-77)73-45-53-80(54-46-73)93-61-14-10-3)65-79(90(5,6)7)66-87(89)78-43-39-72(40-44-78)74-47-55-81(56-48-74)94-62-15-11-4/h8-11,30-60,65-68H,1-4,12-29,61-64H2,5-7H3. The molecule has 9 aromatic carbocycles. The highest BCUT2D eigenvalue weighted by molar-refractivity contribution is 5.96. The van der Waals surface area contributed by atoms with Gasteiger partial charge in [0.05, 0.1) is 37.8 Å². The van der Waals surface area contributed by atoms with Gasteiger partial charge in [0.15, 0.2) is 0 Å². The number of rotatable bonds is 40. The van der Waals surface area contributed by atoms with Gasteiger partial charge in [0, 0.05) is 34.7 Å². The van der Waals surface area contributed by atoms with Crippen molar-refractivity contribution in [3.05, 3.63) is 268 Å². The van der Waals surface area contributed by atoms with Crippen LogP contribution in [0.1, 0.15) is 153 Å². The SMILES string of the molecule is C=CCCCCCCCCCOc1ccc(-c2cccc(-c3ccc(OCCCCCCCCCC=C)cc3)c2N=Cc2ccc(C=Nc3c(-c4ccc(-c5ccc(OCCC=C)cc5)cc4)cc(C(C)(C)C)cc3-c3ccc(-c4ccc(OCCC=C)cc4)cc3)cc2)cc1. The summed E-state index contributed by atoms with van der Waals surface area (Å²) < 4.78 is 24.4. The van der Waals surface area contributed by atoms with Crippen LogP contribution in [-0.2, 0) is 5.41 Å². The van der Waals surface area contributed by atoms with Gasteiger partial charge < -0.3 is 18.9 Å². The van der Waals surface area contributed by atoms with Crippen LogP contribution in [0, 0.1) is 0 Å². The predicted molar refractivity (Wildman–Crippen MR) is 411 cm³/mol. The fourth-order valence-electron chi connectivity index (χ4n) is 11.8. The minimum Gasteiger partial charge on any atom is -0.494 e. The van der Waals surface area contributed by atoms with Crippen LogP contribution in [-0.4, -0.2) is 38.9 Å². The highest BCUT2D eigenvalue weighted by atomic mass is 16.5. The first kappa shape index (κ1) is 70.8. The molecule has 0 spiro atoms. The van der Waals surface area contributed by atoms with Crippen LogP contribution in [0.25, 0.3) is 66.8 Å².